The smallest absolute Gasteiger partial charge is 0.308 e. The highest BCUT2D eigenvalue weighted by Gasteiger charge is 2.28. The van der Waals surface area contributed by atoms with Crippen LogP contribution in [0, 0.1) is 11.8 Å². The first-order valence-electron chi connectivity index (χ1n) is 14.1. The van der Waals surface area contributed by atoms with Gasteiger partial charge in [-0.1, -0.05) is 30.3 Å². The molecule has 0 heterocycles. The van der Waals surface area contributed by atoms with Crippen LogP contribution in [0.5, 0.6) is 5.75 Å². The molecule has 7 nitrogen and oxygen atoms in total. The molecule has 0 spiro atoms. The van der Waals surface area contributed by atoms with Crippen molar-refractivity contribution in [2.75, 3.05) is 19.7 Å². The number of carbonyl (C=O) groups is 3. The average molecular weight is 521 g/mol. The molecule has 2 N–H and O–H groups in total. The molecule has 2 aliphatic rings. The summed E-state index contributed by atoms with van der Waals surface area (Å²) in [6.07, 6.45) is 7.11. The van der Waals surface area contributed by atoms with Crippen molar-refractivity contribution in [1.82, 2.24) is 10.6 Å². The molecule has 2 aliphatic carbocycles. The molecule has 2 aromatic rings. The van der Waals surface area contributed by atoms with Crippen LogP contribution in [0.4, 0.5) is 0 Å². The maximum atomic E-state index is 12.6. The molecule has 38 heavy (non-hydrogen) atoms. The molecule has 7 heteroatoms. The van der Waals surface area contributed by atoms with E-state index in [1.165, 1.54) is 5.56 Å². The van der Waals surface area contributed by atoms with Gasteiger partial charge in [0.25, 0.3) is 5.91 Å². The monoisotopic (exact) mass is 520 g/mol. The summed E-state index contributed by atoms with van der Waals surface area (Å²) in [5.41, 5.74) is 1.92. The van der Waals surface area contributed by atoms with Crippen molar-refractivity contribution in [3.8, 4) is 5.75 Å². The second-order valence-corrected chi connectivity index (χ2v) is 10.4. The number of carbonyl (C=O) groups excluding carboxylic acids is 3. The summed E-state index contributed by atoms with van der Waals surface area (Å²) in [5, 5.41) is 5.86. The Balaban J connectivity index is 1.11. The molecular formula is C31H40N2O5. The van der Waals surface area contributed by atoms with Crippen molar-refractivity contribution in [3.05, 3.63) is 65.7 Å². The zero-order valence-electron chi connectivity index (χ0n) is 22.3. The third-order valence-electron chi connectivity index (χ3n) is 7.79. The molecule has 0 radical (unpaired) electrons. The Morgan fingerprint density at radius 2 is 1.39 bits per heavy atom. The van der Waals surface area contributed by atoms with Gasteiger partial charge in [-0.25, -0.2) is 0 Å². The van der Waals surface area contributed by atoms with E-state index in [4.69, 9.17) is 9.47 Å². The second-order valence-electron chi connectivity index (χ2n) is 10.4. The Hall–Kier alpha value is -3.35. The van der Waals surface area contributed by atoms with Gasteiger partial charge in [0.05, 0.1) is 18.6 Å². The summed E-state index contributed by atoms with van der Waals surface area (Å²) in [4.78, 5) is 37.0. The van der Waals surface area contributed by atoms with Crippen molar-refractivity contribution < 1.29 is 23.9 Å². The van der Waals surface area contributed by atoms with E-state index in [0.717, 1.165) is 57.1 Å². The lowest BCUT2D eigenvalue weighted by Crippen LogP contribution is -2.38. The van der Waals surface area contributed by atoms with E-state index in [1.807, 2.05) is 13.0 Å². The number of hydrogen-bond donors (Lipinski definition) is 2. The molecule has 0 aliphatic heterocycles. The highest BCUT2D eigenvalue weighted by Crippen LogP contribution is 2.35. The molecule has 0 atom stereocenters. The topological polar surface area (TPSA) is 93.7 Å². The van der Waals surface area contributed by atoms with Gasteiger partial charge in [0.2, 0.25) is 5.91 Å². The third-order valence-corrected chi connectivity index (χ3v) is 7.79. The quantitative estimate of drug-likeness (QED) is 0.339. The van der Waals surface area contributed by atoms with Crippen molar-refractivity contribution >= 4 is 17.8 Å². The van der Waals surface area contributed by atoms with E-state index >= 15 is 0 Å². The predicted octanol–water partition coefficient (Wildman–Crippen LogP) is 5.01. The lowest BCUT2D eigenvalue weighted by molar-refractivity contribution is -0.149. The number of esters is 1. The molecule has 204 valence electrons. The minimum atomic E-state index is -0.177. The van der Waals surface area contributed by atoms with Crippen LogP contribution in [0.1, 0.15) is 80.1 Å². The number of ether oxygens (including phenoxy) is 2. The molecule has 0 unspecified atom stereocenters. The van der Waals surface area contributed by atoms with Crippen LogP contribution in [-0.2, 0) is 14.3 Å². The number of rotatable bonds is 10. The maximum absolute atomic E-state index is 12.6. The number of hydrogen-bond acceptors (Lipinski definition) is 5. The van der Waals surface area contributed by atoms with Gasteiger partial charge in [0.1, 0.15) is 5.75 Å². The van der Waals surface area contributed by atoms with Gasteiger partial charge >= 0.3 is 5.97 Å². The normalized spacial score (nSPS) is 23.2. The summed E-state index contributed by atoms with van der Waals surface area (Å²) in [5.74, 6) is 1.09. The Morgan fingerprint density at radius 3 is 2.05 bits per heavy atom. The predicted molar refractivity (Wildman–Crippen MR) is 146 cm³/mol. The van der Waals surface area contributed by atoms with Crippen LogP contribution in [0.25, 0.3) is 0 Å². The Kier molecular flexibility index (Phi) is 10.2. The van der Waals surface area contributed by atoms with Crippen molar-refractivity contribution in [3.63, 3.8) is 0 Å². The first-order valence-corrected chi connectivity index (χ1v) is 14.1. The van der Waals surface area contributed by atoms with Crippen LogP contribution in [0.3, 0.4) is 0 Å². The minimum absolute atomic E-state index is 0.0275. The number of amides is 2. The molecule has 2 saturated carbocycles. The van der Waals surface area contributed by atoms with Crippen molar-refractivity contribution in [2.45, 2.75) is 70.3 Å². The Labute approximate surface area is 225 Å². The first kappa shape index (κ1) is 27.7. The Bertz CT molecular complexity index is 1040. The van der Waals surface area contributed by atoms with Crippen LogP contribution >= 0.6 is 0 Å². The molecule has 2 fully saturated rings. The minimum Gasteiger partial charge on any atom is -0.490 e. The van der Waals surface area contributed by atoms with Crippen LogP contribution < -0.4 is 15.4 Å². The summed E-state index contributed by atoms with van der Waals surface area (Å²) >= 11 is 0. The maximum Gasteiger partial charge on any atom is 0.308 e. The standard InChI is InChI=1S/C31H40N2O5/c1-2-37-31(36)26-14-18-28(19-15-26)38-27-16-12-25(13-17-27)30(35)33-21-20-32-29(34)24-10-8-23(9-11-24)22-6-4-3-5-7-22/h3-7,12-13,16-17,23-24,26,28H,2,8-11,14-15,18-21H2,1H3,(H,32,34)(H,33,35). The van der Waals surface area contributed by atoms with E-state index in [1.54, 1.807) is 24.3 Å². The van der Waals surface area contributed by atoms with Crippen LogP contribution in [-0.4, -0.2) is 43.6 Å². The van der Waals surface area contributed by atoms with E-state index < -0.39 is 0 Å². The molecule has 0 aromatic heterocycles. The molecule has 0 saturated heterocycles. The zero-order valence-corrected chi connectivity index (χ0v) is 22.3. The Morgan fingerprint density at radius 1 is 0.763 bits per heavy atom. The van der Waals surface area contributed by atoms with Gasteiger partial charge in [-0.15, -0.1) is 0 Å². The third kappa shape index (κ3) is 7.83. The van der Waals surface area contributed by atoms with Gasteiger partial charge in [0, 0.05) is 24.6 Å². The lowest BCUT2D eigenvalue weighted by Gasteiger charge is -2.28. The molecule has 4 rings (SSSR count). The first-order chi connectivity index (χ1) is 18.5. The SMILES string of the molecule is CCOC(=O)C1CCC(Oc2ccc(C(=O)NCCNC(=O)C3CCC(c4ccccc4)CC3)cc2)CC1. The zero-order chi connectivity index (χ0) is 26.7. The molecule has 2 amide bonds. The van der Waals surface area contributed by atoms with E-state index in [0.29, 0.717) is 31.2 Å². The van der Waals surface area contributed by atoms with Gasteiger partial charge in [-0.05, 0) is 94.0 Å². The summed E-state index contributed by atoms with van der Waals surface area (Å²) in [7, 11) is 0. The summed E-state index contributed by atoms with van der Waals surface area (Å²) < 4.78 is 11.2. The fraction of sp³-hybridized carbons (Fsp3) is 0.516. The van der Waals surface area contributed by atoms with Gasteiger partial charge in [-0.3, -0.25) is 14.4 Å². The average Bonchev–Trinajstić information content (AvgIpc) is 2.96. The lowest BCUT2D eigenvalue weighted by atomic mass is 9.78. The second kappa shape index (κ2) is 14.0. The highest BCUT2D eigenvalue weighted by atomic mass is 16.5. The number of benzene rings is 2. The fourth-order valence-electron chi connectivity index (χ4n) is 5.58. The largest absolute Gasteiger partial charge is 0.490 e. The molecular weight excluding hydrogens is 480 g/mol. The number of nitrogens with one attached hydrogen (secondary N) is 2. The van der Waals surface area contributed by atoms with Gasteiger partial charge < -0.3 is 20.1 Å². The molecule has 2 aromatic carbocycles. The highest BCUT2D eigenvalue weighted by molar-refractivity contribution is 5.94. The van der Waals surface area contributed by atoms with Crippen LogP contribution in [0.15, 0.2) is 54.6 Å². The van der Waals surface area contributed by atoms with Gasteiger partial charge in [0.15, 0.2) is 0 Å². The van der Waals surface area contributed by atoms with Crippen LogP contribution in [0.2, 0.25) is 0 Å². The van der Waals surface area contributed by atoms with Gasteiger partial charge in [-0.2, -0.15) is 0 Å². The molecule has 0 bridgehead atoms. The fourth-order valence-corrected chi connectivity index (χ4v) is 5.58. The van der Waals surface area contributed by atoms with E-state index in [9.17, 15) is 14.4 Å². The summed E-state index contributed by atoms with van der Waals surface area (Å²) in [6.45, 7) is 3.04. The van der Waals surface area contributed by atoms with E-state index in [2.05, 4.69) is 34.9 Å². The van der Waals surface area contributed by atoms with Crippen molar-refractivity contribution in [1.29, 1.82) is 0 Å². The van der Waals surface area contributed by atoms with E-state index in [-0.39, 0.29) is 35.7 Å². The van der Waals surface area contributed by atoms with Crippen molar-refractivity contribution in [2.24, 2.45) is 11.8 Å². The summed E-state index contributed by atoms with van der Waals surface area (Å²) in [6, 6.07) is 17.6.